The Hall–Kier alpha value is -1.52. The fourth-order valence-corrected chi connectivity index (χ4v) is 6.74. The van der Waals surface area contributed by atoms with Crippen molar-refractivity contribution in [2.24, 2.45) is 23.7 Å². The van der Waals surface area contributed by atoms with Gasteiger partial charge in [-0.25, -0.2) is 9.78 Å². The van der Waals surface area contributed by atoms with Gasteiger partial charge in [0.2, 0.25) is 18.0 Å². The molecule has 1 aromatic heterocycles. The Kier molecular flexibility index (Phi) is 6.28. The zero-order chi connectivity index (χ0) is 23.2. The fraction of sp³-hybridized carbons (Fsp3) is 0.750. The molecule has 8 nitrogen and oxygen atoms in total. The van der Waals surface area contributed by atoms with E-state index in [1.807, 2.05) is 31.4 Å². The lowest BCUT2D eigenvalue weighted by atomic mass is 9.58. The molecular weight excluding hydrogens is 446 g/mol. The van der Waals surface area contributed by atoms with Gasteiger partial charge in [-0.15, -0.1) is 11.3 Å². The molecule has 8 atom stereocenters. The molecule has 182 valence electrons. The van der Waals surface area contributed by atoms with Gasteiger partial charge in [-0.05, 0) is 49.5 Å². The van der Waals surface area contributed by atoms with Gasteiger partial charge in [-0.2, -0.15) is 0 Å². The normalized spacial score (nSPS) is 41.7. The molecule has 2 bridgehead atoms. The minimum absolute atomic E-state index is 0.00116. The molecule has 5 fully saturated rings. The number of hydrogen-bond donors (Lipinski definition) is 1. The minimum Gasteiger partial charge on any atom is -0.435 e. The standard InChI is InChI=1S/C24H33NO7S/c1-14-6-7-18-15(2)21(28-20(27)9-8-19(26)25-13-16-5-4-12-33-16)29-22-24(18)17(14)10-11-23(3,30-22)31-32-24/h4-5,12,14-15,17-18,21-22H,6-11,13H2,1-3H3,(H,25,26)/t14-,15-,17+,18+,21-,22-,23-,24?/m1/s1. The van der Waals surface area contributed by atoms with Crippen LogP contribution in [0.2, 0.25) is 0 Å². The maximum absolute atomic E-state index is 12.6. The van der Waals surface area contributed by atoms with Crippen molar-refractivity contribution < 1.29 is 33.6 Å². The van der Waals surface area contributed by atoms with Crippen LogP contribution in [0.3, 0.4) is 0 Å². The van der Waals surface area contributed by atoms with Crippen molar-refractivity contribution in [3.63, 3.8) is 0 Å². The Morgan fingerprint density at radius 2 is 2.03 bits per heavy atom. The van der Waals surface area contributed by atoms with Gasteiger partial charge in [0.05, 0.1) is 13.0 Å². The monoisotopic (exact) mass is 479 g/mol. The molecule has 5 heterocycles. The van der Waals surface area contributed by atoms with Crippen molar-refractivity contribution in [1.82, 2.24) is 5.32 Å². The number of nitrogens with one attached hydrogen (secondary N) is 1. The predicted molar refractivity (Wildman–Crippen MR) is 118 cm³/mol. The Bertz CT molecular complexity index is 878. The number of esters is 1. The van der Waals surface area contributed by atoms with Crippen LogP contribution in [0.4, 0.5) is 0 Å². The van der Waals surface area contributed by atoms with Crippen molar-refractivity contribution >= 4 is 23.2 Å². The van der Waals surface area contributed by atoms with Crippen molar-refractivity contribution in [3.05, 3.63) is 22.4 Å². The molecule has 1 unspecified atom stereocenters. The van der Waals surface area contributed by atoms with Gasteiger partial charge in [0, 0.05) is 29.6 Å². The summed E-state index contributed by atoms with van der Waals surface area (Å²) < 4.78 is 18.3. The van der Waals surface area contributed by atoms with Gasteiger partial charge in [-0.1, -0.05) is 19.9 Å². The molecule has 0 radical (unpaired) electrons. The smallest absolute Gasteiger partial charge is 0.308 e. The second kappa shape index (κ2) is 8.92. The number of rotatable bonds is 6. The van der Waals surface area contributed by atoms with Crippen LogP contribution >= 0.6 is 11.3 Å². The summed E-state index contributed by atoms with van der Waals surface area (Å²) >= 11 is 1.58. The summed E-state index contributed by atoms with van der Waals surface area (Å²) in [7, 11) is 0. The lowest BCUT2D eigenvalue weighted by Crippen LogP contribution is -2.70. The first kappa shape index (κ1) is 23.2. The molecule has 4 saturated heterocycles. The van der Waals surface area contributed by atoms with Crippen LogP contribution in [0, 0.1) is 23.7 Å². The van der Waals surface area contributed by atoms with Crippen molar-refractivity contribution in [1.29, 1.82) is 0 Å². The van der Waals surface area contributed by atoms with Crippen molar-refractivity contribution in [2.75, 3.05) is 0 Å². The number of fused-ring (bicyclic) bond motifs is 2. The van der Waals surface area contributed by atoms with Crippen LogP contribution in [0.25, 0.3) is 0 Å². The van der Waals surface area contributed by atoms with Gasteiger partial charge in [0.1, 0.15) is 0 Å². The third-order valence-corrected chi connectivity index (χ3v) is 8.82. The van der Waals surface area contributed by atoms with E-state index < -0.39 is 29.9 Å². The zero-order valence-corrected chi connectivity index (χ0v) is 20.2. The highest BCUT2D eigenvalue weighted by Crippen LogP contribution is 2.60. The Morgan fingerprint density at radius 1 is 1.18 bits per heavy atom. The number of amides is 1. The molecule has 1 spiro atoms. The second-order valence-corrected chi connectivity index (χ2v) is 11.2. The average Bonchev–Trinajstić information content (AvgIpc) is 3.21. The third-order valence-electron chi connectivity index (χ3n) is 7.94. The maximum atomic E-state index is 12.6. The Labute approximate surface area is 198 Å². The average molecular weight is 480 g/mol. The van der Waals surface area contributed by atoms with E-state index in [1.54, 1.807) is 11.3 Å². The van der Waals surface area contributed by atoms with E-state index in [4.69, 9.17) is 24.0 Å². The zero-order valence-electron chi connectivity index (χ0n) is 19.4. The minimum atomic E-state index is -0.868. The van der Waals surface area contributed by atoms with E-state index >= 15 is 0 Å². The molecule has 0 aromatic carbocycles. The molecule has 1 aliphatic carbocycles. The van der Waals surface area contributed by atoms with Crippen LogP contribution in [-0.2, 0) is 40.1 Å². The van der Waals surface area contributed by atoms with Gasteiger partial charge in [0.15, 0.2) is 11.9 Å². The number of thiophene rings is 1. The number of carbonyl (C=O) groups excluding carboxylic acids is 2. The maximum Gasteiger partial charge on any atom is 0.308 e. The lowest BCUT2D eigenvalue weighted by molar-refractivity contribution is -0.576. The molecule has 1 saturated carbocycles. The Morgan fingerprint density at radius 3 is 2.82 bits per heavy atom. The summed E-state index contributed by atoms with van der Waals surface area (Å²) in [5.41, 5.74) is -0.683. The molecule has 33 heavy (non-hydrogen) atoms. The Balaban J connectivity index is 1.22. The van der Waals surface area contributed by atoms with E-state index in [0.29, 0.717) is 12.5 Å². The first-order chi connectivity index (χ1) is 15.8. The summed E-state index contributed by atoms with van der Waals surface area (Å²) in [6.07, 6.45) is 2.38. The van der Waals surface area contributed by atoms with Gasteiger partial charge >= 0.3 is 5.97 Å². The van der Waals surface area contributed by atoms with Crippen LogP contribution in [0.5, 0.6) is 0 Å². The third kappa shape index (κ3) is 4.23. The largest absolute Gasteiger partial charge is 0.435 e. The number of carbonyl (C=O) groups is 2. The molecule has 1 amide bonds. The van der Waals surface area contributed by atoms with E-state index in [2.05, 4.69) is 12.2 Å². The van der Waals surface area contributed by atoms with E-state index in [1.165, 1.54) is 0 Å². The van der Waals surface area contributed by atoms with Crippen molar-refractivity contribution in [2.45, 2.75) is 89.8 Å². The topological polar surface area (TPSA) is 92.3 Å². The molecule has 5 aliphatic rings. The lowest BCUT2D eigenvalue weighted by Gasteiger charge is -2.59. The molecular formula is C24H33NO7S. The summed E-state index contributed by atoms with van der Waals surface area (Å²) in [5.74, 6) is -0.751. The first-order valence-electron chi connectivity index (χ1n) is 12.0. The molecule has 9 heteroatoms. The van der Waals surface area contributed by atoms with E-state index in [-0.39, 0.29) is 36.5 Å². The number of ether oxygens (including phenoxy) is 3. The molecule has 1 N–H and O–H groups in total. The summed E-state index contributed by atoms with van der Waals surface area (Å²) in [6, 6.07) is 3.90. The number of hydrogen-bond acceptors (Lipinski definition) is 8. The SMILES string of the molecule is C[C@H]1[C@H](OC(=O)CCC(=O)NCc2cccs2)O[C@@H]2O[C@@]3(C)CC[C@H]4[C@H](C)CC[C@@H]1C24OO3. The summed E-state index contributed by atoms with van der Waals surface area (Å²) in [5, 5.41) is 4.80. The molecule has 6 rings (SSSR count). The molecule has 4 aliphatic heterocycles. The fourth-order valence-electron chi connectivity index (χ4n) is 6.10. The van der Waals surface area contributed by atoms with Crippen LogP contribution in [0.1, 0.15) is 64.2 Å². The van der Waals surface area contributed by atoms with Crippen LogP contribution in [0.15, 0.2) is 17.5 Å². The van der Waals surface area contributed by atoms with Crippen LogP contribution < -0.4 is 5.32 Å². The summed E-state index contributed by atoms with van der Waals surface area (Å²) in [6.45, 7) is 6.64. The highest BCUT2D eigenvalue weighted by molar-refractivity contribution is 7.09. The van der Waals surface area contributed by atoms with Gasteiger partial charge in [0.25, 0.3) is 0 Å². The predicted octanol–water partition coefficient (Wildman–Crippen LogP) is 3.90. The first-order valence-corrected chi connectivity index (χ1v) is 12.9. The van der Waals surface area contributed by atoms with Crippen LogP contribution in [-0.4, -0.2) is 35.8 Å². The van der Waals surface area contributed by atoms with Gasteiger partial charge in [-0.3, -0.25) is 9.59 Å². The second-order valence-electron chi connectivity index (χ2n) is 10.1. The van der Waals surface area contributed by atoms with Crippen molar-refractivity contribution in [3.8, 4) is 0 Å². The van der Waals surface area contributed by atoms with Gasteiger partial charge < -0.3 is 19.5 Å². The molecule has 1 aromatic rings. The summed E-state index contributed by atoms with van der Waals surface area (Å²) in [4.78, 5) is 37.7. The van der Waals surface area contributed by atoms with E-state index in [0.717, 1.165) is 30.6 Å². The van der Waals surface area contributed by atoms with E-state index in [9.17, 15) is 9.59 Å². The quantitative estimate of drug-likeness (QED) is 0.489. The highest BCUT2D eigenvalue weighted by Gasteiger charge is 2.69. The highest BCUT2D eigenvalue weighted by atomic mass is 32.1.